The number of allylic oxidation sites excluding steroid dienone is 2. The highest BCUT2D eigenvalue weighted by atomic mass is 127. The summed E-state index contributed by atoms with van der Waals surface area (Å²) in [7, 11) is 1.20. The van der Waals surface area contributed by atoms with E-state index >= 15 is 8.78 Å². The number of hydrogen-bond donors (Lipinski definition) is 1. The van der Waals surface area contributed by atoms with E-state index in [-0.39, 0.29) is 48.9 Å². The van der Waals surface area contributed by atoms with Gasteiger partial charge in [0.15, 0.2) is 44.5 Å². The van der Waals surface area contributed by atoms with Crippen LogP contribution >= 0.6 is 45.8 Å². The third-order valence-corrected chi connectivity index (χ3v) is 12.4. The van der Waals surface area contributed by atoms with Crippen molar-refractivity contribution in [2.45, 2.75) is 28.5 Å². The fraction of sp³-hybridized carbons (Fsp3) is 0.273. The van der Waals surface area contributed by atoms with Crippen LogP contribution in [0, 0.1) is 60.5 Å². The lowest BCUT2D eigenvalue weighted by Gasteiger charge is -2.50. The van der Waals surface area contributed by atoms with Gasteiger partial charge >= 0.3 is 0 Å². The lowest BCUT2D eigenvalue weighted by atomic mass is 9.56. The van der Waals surface area contributed by atoms with Crippen molar-refractivity contribution >= 4 is 86.5 Å². The molecule has 1 saturated carbocycles. The molecule has 3 aromatic rings. The van der Waals surface area contributed by atoms with Crippen molar-refractivity contribution in [1.29, 1.82) is 0 Å². The number of hydrogen-bond acceptors (Lipinski definition) is 8. The molecule has 3 aromatic carbocycles. The molecule has 270 valence electrons. The molecule has 0 spiro atoms. The monoisotopic (exact) mass is 877 g/mol. The van der Waals surface area contributed by atoms with Crippen LogP contribution in [-0.2, 0) is 19.2 Å². The number of methoxy groups -OCH3 is 1. The van der Waals surface area contributed by atoms with E-state index in [1.165, 1.54) is 37.5 Å². The molecule has 0 aromatic heterocycles. The molecule has 0 unspecified atom stereocenters. The van der Waals surface area contributed by atoms with E-state index in [9.17, 15) is 47.6 Å². The molecule has 2 aliphatic heterocycles. The number of imide groups is 2. The van der Waals surface area contributed by atoms with E-state index in [1.54, 1.807) is 22.6 Å². The van der Waals surface area contributed by atoms with Gasteiger partial charge in [-0.05, 0) is 71.2 Å². The number of non-ortho nitro benzene ring substituents is 1. The number of carbonyl (C=O) groups excluding carboxylic acids is 4. The smallest absolute Gasteiger partial charge is 0.269 e. The number of rotatable bonds is 5. The number of phenols is 1. The standard InChI is InChI=1S/C33H19Cl2F5IN3O8/c1-52-18-9-11(8-17(41)27(18)45)20-14-6-7-15-19(29(47)42(28(15)46)12-2-4-13(5-3-12)44(50)51)16(14)10-32(34)30(48)43(31(49)33(20,32)35)26-24(39)22(37)21(36)23(38)25(26)40/h2-6,8-9,15-16,19-20,45H,7,10H2,1H3/t15-,16+,19-,20-,32+,33-/m0/s1. The number of anilines is 2. The average molecular weight is 878 g/mol. The van der Waals surface area contributed by atoms with E-state index in [0.717, 1.165) is 17.0 Å². The SMILES string of the molecule is COc1cc([C@H]2C3=CC[C@@H]4C(=O)N(c5ccc([N+](=O)[O-])cc5)C(=O)[C@@H]4[C@@H]3C[C@@]3(Cl)C(=O)N(c4c(F)c(F)c(F)c(F)c4F)C(=O)[C@@]23Cl)cc(I)c1O. The van der Waals surface area contributed by atoms with E-state index in [4.69, 9.17) is 27.9 Å². The Morgan fingerprint density at radius 2 is 1.50 bits per heavy atom. The second-order valence-corrected chi connectivity index (χ2v) is 14.9. The highest BCUT2D eigenvalue weighted by Gasteiger charge is 2.77. The normalized spacial score (nSPS) is 28.1. The number of aromatic hydroxyl groups is 1. The summed E-state index contributed by atoms with van der Waals surface area (Å²) < 4.78 is 78.9. The average Bonchev–Trinajstić information content (AvgIpc) is 3.45. The second kappa shape index (κ2) is 12.1. The van der Waals surface area contributed by atoms with Crippen molar-refractivity contribution in [2.75, 3.05) is 16.9 Å². The summed E-state index contributed by atoms with van der Waals surface area (Å²) in [5.41, 5.74) is -2.01. The first-order chi connectivity index (χ1) is 24.4. The van der Waals surface area contributed by atoms with Crippen LogP contribution in [0.2, 0.25) is 0 Å². The Labute approximate surface area is 312 Å². The third kappa shape index (κ3) is 4.60. The number of phenolic OH excluding ortho intramolecular Hbond substituents is 1. The summed E-state index contributed by atoms with van der Waals surface area (Å²) in [6.07, 6.45) is 0.656. The van der Waals surface area contributed by atoms with Crippen molar-refractivity contribution in [3.05, 3.63) is 96.4 Å². The summed E-state index contributed by atoms with van der Waals surface area (Å²) in [4.78, 5) is 62.3. The van der Waals surface area contributed by atoms with E-state index in [0.29, 0.717) is 0 Å². The number of nitro benzene ring substituents is 1. The van der Waals surface area contributed by atoms with Crippen LogP contribution in [0.5, 0.6) is 11.5 Å². The fourth-order valence-corrected chi connectivity index (χ4v) is 9.40. The Morgan fingerprint density at radius 3 is 2.08 bits per heavy atom. The van der Waals surface area contributed by atoms with Crippen LogP contribution < -0.4 is 14.5 Å². The molecule has 4 aliphatic rings. The first kappa shape index (κ1) is 36.0. The van der Waals surface area contributed by atoms with E-state index in [2.05, 4.69) is 0 Å². The molecule has 2 saturated heterocycles. The van der Waals surface area contributed by atoms with Crippen molar-refractivity contribution in [3.8, 4) is 11.5 Å². The molecule has 6 atom stereocenters. The predicted octanol–water partition coefficient (Wildman–Crippen LogP) is 6.38. The molecule has 0 radical (unpaired) electrons. The van der Waals surface area contributed by atoms with Crippen LogP contribution in [0.25, 0.3) is 0 Å². The first-order valence-electron chi connectivity index (χ1n) is 15.1. The van der Waals surface area contributed by atoms with E-state index in [1.807, 2.05) is 0 Å². The van der Waals surface area contributed by atoms with Gasteiger partial charge in [-0.3, -0.25) is 34.2 Å². The van der Waals surface area contributed by atoms with Gasteiger partial charge in [0, 0.05) is 18.1 Å². The van der Waals surface area contributed by atoms with Gasteiger partial charge in [-0.15, -0.1) is 23.2 Å². The van der Waals surface area contributed by atoms with Gasteiger partial charge in [-0.25, -0.2) is 26.9 Å². The Morgan fingerprint density at radius 1 is 0.904 bits per heavy atom. The minimum absolute atomic E-state index is 0.00128. The minimum Gasteiger partial charge on any atom is -0.504 e. The summed E-state index contributed by atoms with van der Waals surface area (Å²) in [5, 5.41) is 21.8. The second-order valence-electron chi connectivity index (χ2n) is 12.5. The zero-order valence-electron chi connectivity index (χ0n) is 25.9. The molecule has 11 nitrogen and oxygen atoms in total. The number of amides is 4. The maximum absolute atomic E-state index is 15.2. The maximum atomic E-state index is 15.2. The van der Waals surface area contributed by atoms with Gasteiger partial charge in [-0.1, -0.05) is 11.6 Å². The molecular formula is C33H19Cl2F5IN3O8. The van der Waals surface area contributed by atoms with Gasteiger partial charge in [0.2, 0.25) is 17.6 Å². The fourth-order valence-electron chi connectivity index (χ4n) is 7.83. The number of ether oxygens (including phenoxy) is 1. The predicted molar refractivity (Wildman–Crippen MR) is 179 cm³/mol. The molecule has 3 fully saturated rings. The molecule has 4 amide bonds. The molecule has 19 heteroatoms. The van der Waals surface area contributed by atoms with Crippen molar-refractivity contribution in [1.82, 2.24) is 0 Å². The minimum atomic E-state index is -2.77. The molecule has 52 heavy (non-hydrogen) atoms. The number of benzene rings is 3. The topological polar surface area (TPSA) is 147 Å². The number of carbonyl (C=O) groups is 4. The van der Waals surface area contributed by atoms with Gasteiger partial charge in [0.05, 0.1) is 33.1 Å². The summed E-state index contributed by atoms with van der Waals surface area (Å²) in [6, 6.07) is 7.14. The zero-order valence-corrected chi connectivity index (χ0v) is 29.6. The Balaban J connectivity index is 1.43. The summed E-state index contributed by atoms with van der Waals surface area (Å²) in [5.74, 6) is -22.9. The van der Waals surface area contributed by atoms with Gasteiger partial charge in [0.1, 0.15) is 5.69 Å². The zero-order chi connectivity index (χ0) is 37.9. The van der Waals surface area contributed by atoms with Crippen LogP contribution in [0.1, 0.15) is 24.3 Å². The van der Waals surface area contributed by atoms with Crippen LogP contribution in [0.3, 0.4) is 0 Å². The van der Waals surface area contributed by atoms with Gasteiger partial charge < -0.3 is 9.84 Å². The number of nitrogens with zero attached hydrogens (tertiary/aromatic N) is 3. The summed E-state index contributed by atoms with van der Waals surface area (Å²) >= 11 is 16.0. The van der Waals surface area contributed by atoms with Crippen LogP contribution in [-0.4, -0.2) is 50.5 Å². The highest BCUT2D eigenvalue weighted by molar-refractivity contribution is 14.1. The molecular weight excluding hydrogens is 859 g/mol. The lowest BCUT2D eigenvalue weighted by Crippen LogP contribution is -2.60. The molecule has 2 heterocycles. The quantitative estimate of drug-likeness (QED) is 0.0358. The van der Waals surface area contributed by atoms with Crippen molar-refractivity contribution < 1.29 is 55.9 Å². The van der Waals surface area contributed by atoms with Gasteiger partial charge in [0.25, 0.3) is 17.5 Å². The Kier molecular flexibility index (Phi) is 8.37. The van der Waals surface area contributed by atoms with Crippen molar-refractivity contribution in [3.63, 3.8) is 0 Å². The van der Waals surface area contributed by atoms with Crippen LogP contribution in [0.4, 0.5) is 39.0 Å². The largest absolute Gasteiger partial charge is 0.504 e. The summed E-state index contributed by atoms with van der Waals surface area (Å²) in [6.45, 7) is 0. The molecule has 7 rings (SSSR count). The molecule has 2 aliphatic carbocycles. The molecule has 1 N–H and O–H groups in total. The number of alkyl halides is 2. The van der Waals surface area contributed by atoms with Gasteiger partial charge in [-0.2, -0.15) is 0 Å². The highest BCUT2D eigenvalue weighted by Crippen LogP contribution is 2.66. The van der Waals surface area contributed by atoms with Crippen molar-refractivity contribution in [2.24, 2.45) is 17.8 Å². The first-order valence-corrected chi connectivity index (χ1v) is 16.9. The molecule has 0 bridgehead atoms. The Hall–Kier alpha value is -4.36. The van der Waals surface area contributed by atoms with Crippen LogP contribution in [0.15, 0.2) is 48.0 Å². The third-order valence-electron chi connectivity index (χ3n) is 10.1. The number of nitro groups is 1. The Bertz CT molecular complexity index is 2200. The number of halogens is 8. The lowest BCUT2D eigenvalue weighted by molar-refractivity contribution is -0.384. The number of fused-ring (bicyclic) bond motifs is 4. The maximum Gasteiger partial charge on any atom is 0.269 e. The van der Waals surface area contributed by atoms with E-state index < -0.39 is 103 Å².